The zero-order valence-corrected chi connectivity index (χ0v) is 19.0. The van der Waals surface area contributed by atoms with Crippen LogP contribution in [0.4, 0.5) is 11.4 Å². The van der Waals surface area contributed by atoms with Gasteiger partial charge in [-0.2, -0.15) is 0 Å². The molecule has 0 unspecified atom stereocenters. The standard InChI is InChI=1S/C25H27N5O3/c1-4-7-21(29-33-3)24(31)28-18-12-10-17(11-13-18)25(32)30-15-14-20-23(27-16(2)26-20)19-8-5-6-9-22(19)30/h5-6,8-13H,4,7,14-15H2,1-3H3,(H,26,27)(H,28,31). The molecule has 8 nitrogen and oxygen atoms in total. The highest BCUT2D eigenvalue weighted by Crippen LogP contribution is 2.35. The Morgan fingerprint density at radius 2 is 1.94 bits per heavy atom. The lowest BCUT2D eigenvalue weighted by atomic mass is 10.1. The van der Waals surface area contributed by atoms with E-state index in [1.54, 1.807) is 29.2 Å². The molecule has 1 aromatic heterocycles. The van der Waals surface area contributed by atoms with Gasteiger partial charge in [-0.1, -0.05) is 36.7 Å². The normalized spacial score (nSPS) is 13.1. The third-order valence-electron chi connectivity index (χ3n) is 5.52. The monoisotopic (exact) mass is 445 g/mol. The molecule has 4 rings (SSSR count). The van der Waals surface area contributed by atoms with Crippen molar-refractivity contribution in [2.24, 2.45) is 5.16 Å². The molecule has 2 N–H and O–H groups in total. The number of carbonyl (C=O) groups excluding carboxylic acids is 2. The number of nitrogens with zero attached hydrogens (tertiary/aromatic N) is 3. The summed E-state index contributed by atoms with van der Waals surface area (Å²) in [6, 6.07) is 14.7. The first-order valence-electron chi connectivity index (χ1n) is 11.0. The molecule has 0 saturated carbocycles. The Morgan fingerprint density at radius 1 is 1.18 bits per heavy atom. The molecule has 0 aliphatic carbocycles. The van der Waals surface area contributed by atoms with Crippen molar-refractivity contribution in [3.63, 3.8) is 0 Å². The maximum atomic E-state index is 13.4. The molecule has 33 heavy (non-hydrogen) atoms. The molecule has 170 valence electrons. The van der Waals surface area contributed by atoms with E-state index in [9.17, 15) is 9.59 Å². The second-order valence-corrected chi connectivity index (χ2v) is 7.88. The maximum absolute atomic E-state index is 13.4. The first-order chi connectivity index (χ1) is 16.0. The molecule has 8 heteroatoms. The summed E-state index contributed by atoms with van der Waals surface area (Å²) in [5.74, 6) is 0.447. The van der Waals surface area contributed by atoms with E-state index in [1.165, 1.54) is 7.11 Å². The Morgan fingerprint density at radius 3 is 2.67 bits per heavy atom. The van der Waals surface area contributed by atoms with E-state index in [4.69, 9.17) is 4.84 Å². The zero-order chi connectivity index (χ0) is 23.4. The van der Waals surface area contributed by atoms with Gasteiger partial charge in [0.15, 0.2) is 0 Å². The third kappa shape index (κ3) is 4.64. The highest BCUT2D eigenvalue weighted by molar-refractivity contribution is 6.42. The average Bonchev–Trinajstić information content (AvgIpc) is 3.12. The van der Waals surface area contributed by atoms with Crippen molar-refractivity contribution in [3.05, 3.63) is 65.6 Å². The van der Waals surface area contributed by atoms with Crippen LogP contribution < -0.4 is 10.2 Å². The minimum atomic E-state index is -0.317. The number of hydrogen-bond acceptors (Lipinski definition) is 5. The molecule has 3 aromatic rings. The van der Waals surface area contributed by atoms with Crippen molar-refractivity contribution < 1.29 is 14.4 Å². The quantitative estimate of drug-likeness (QED) is 0.436. The van der Waals surface area contributed by atoms with Crippen molar-refractivity contribution in [1.29, 1.82) is 0 Å². The van der Waals surface area contributed by atoms with Gasteiger partial charge in [0.1, 0.15) is 18.6 Å². The number of anilines is 2. The second kappa shape index (κ2) is 9.68. The van der Waals surface area contributed by atoms with Crippen LogP contribution in [0.25, 0.3) is 11.3 Å². The lowest BCUT2D eigenvalue weighted by Gasteiger charge is -2.23. The van der Waals surface area contributed by atoms with Crippen molar-refractivity contribution >= 4 is 28.9 Å². The van der Waals surface area contributed by atoms with E-state index < -0.39 is 0 Å². The summed E-state index contributed by atoms with van der Waals surface area (Å²) in [5, 5.41) is 6.61. The van der Waals surface area contributed by atoms with Crippen LogP contribution in [0.15, 0.2) is 53.7 Å². The molecule has 0 radical (unpaired) electrons. The number of nitrogens with one attached hydrogen (secondary N) is 2. The largest absolute Gasteiger partial charge is 0.399 e. The molecule has 2 aromatic carbocycles. The van der Waals surface area contributed by atoms with E-state index in [2.05, 4.69) is 20.4 Å². The van der Waals surface area contributed by atoms with Gasteiger partial charge in [0.2, 0.25) is 0 Å². The summed E-state index contributed by atoms with van der Waals surface area (Å²) in [6.07, 6.45) is 1.98. The molecular weight excluding hydrogens is 418 g/mol. The van der Waals surface area contributed by atoms with E-state index in [-0.39, 0.29) is 11.8 Å². The SMILES string of the molecule is CCCC(=NOC)C(=O)Nc1ccc(C(=O)N2CCc3[nH]c(C)nc3-c3ccccc32)cc1. The molecule has 0 bridgehead atoms. The number of aryl methyl sites for hydroxylation is 1. The summed E-state index contributed by atoms with van der Waals surface area (Å²) in [6.45, 7) is 4.44. The predicted molar refractivity (Wildman–Crippen MR) is 129 cm³/mol. The maximum Gasteiger partial charge on any atom is 0.273 e. The Bertz CT molecular complexity index is 1200. The van der Waals surface area contributed by atoms with E-state index in [0.29, 0.717) is 36.3 Å². The van der Waals surface area contributed by atoms with Gasteiger partial charge in [-0.25, -0.2) is 4.98 Å². The van der Waals surface area contributed by atoms with Crippen LogP contribution in [-0.4, -0.2) is 41.1 Å². The van der Waals surface area contributed by atoms with E-state index in [1.807, 2.05) is 38.1 Å². The summed E-state index contributed by atoms with van der Waals surface area (Å²) >= 11 is 0. The van der Waals surface area contributed by atoms with Crippen LogP contribution in [0.1, 0.15) is 41.6 Å². The van der Waals surface area contributed by atoms with Crippen LogP contribution in [0.2, 0.25) is 0 Å². The number of carbonyl (C=O) groups is 2. The van der Waals surface area contributed by atoms with Crippen molar-refractivity contribution in [3.8, 4) is 11.3 Å². The summed E-state index contributed by atoms with van der Waals surface area (Å²) in [7, 11) is 1.41. The number of benzene rings is 2. The van der Waals surface area contributed by atoms with E-state index in [0.717, 1.165) is 34.9 Å². The number of rotatable bonds is 6. The highest BCUT2D eigenvalue weighted by atomic mass is 16.6. The fourth-order valence-corrected chi connectivity index (χ4v) is 4.01. The van der Waals surface area contributed by atoms with Crippen LogP contribution in [0.5, 0.6) is 0 Å². The highest BCUT2D eigenvalue weighted by Gasteiger charge is 2.26. The third-order valence-corrected chi connectivity index (χ3v) is 5.52. The number of hydrogen-bond donors (Lipinski definition) is 2. The number of para-hydroxylation sites is 1. The number of amides is 2. The Kier molecular flexibility index (Phi) is 6.53. The van der Waals surface area contributed by atoms with Crippen LogP contribution in [-0.2, 0) is 16.1 Å². The summed E-state index contributed by atoms with van der Waals surface area (Å²) in [4.78, 5) is 40.4. The molecule has 0 spiro atoms. The van der Waals surface area contributed by atoms with Crippen molar-refractivity contribution in [1.82, 2.24) is 9.97 Å². The first-order valence-corrected chi connectivity index (χ1v) is 11.0. The zero-order valence-electron chi connectivity index (χ0n) is 19.0. The smallest absolute Gasteiger partial charge is 0.273 e. The molecule has 0 atom stereocenters. The average molecular weight is 446 g/mol. The molecule has 1 aliphatic heterocycles. The number of imidazole rings is 1. The Balaban J connectivity index is 1.55. The minimum Gasteiger partial charge on any atom is -0.399 e. The lowest BCUT2D eigenvalue weighted by molar-refractivity contribution is -0.110. The summed E-state index contributed by atoms with van der Waals surface area (Å²) in [5.41, 5.74) is 5.16. The lowest BCUT2D eigenvalue weighted by Crippen LogP contribution is -2.32. The van der Waals surface area contributed by atoms with Gasteiger partial charge in [-0.3, -0.25) is 9.59 Å². The minimum absolute atomic E-state index is 0.102. The molecule has 0 fully saturated rings. The molecule has 2 heterocycles. The van der Waals surface area contributed by atoms with Gasteiger partial charge in [0.05, 0.1) is 11.4 Å². The van der Waals surface area contributed by atoms with Gasteiger partial charge in [-0.15, -0.1) is 0 Å². The summed E-state index contributed by atoms with van der Waals surface area (Å²) < 4.78 is 0. The Hall–Kier alpha value is -3.94. The fraction of sp³-hybridized carbons (Fsp3) is 0.280. The van der Waals surface area contributed by atoms with Crippen LogP contribution in [0, 0.1) is 6.92 Å². The van der Waals surface area contributed by atoms with Crippen LogP contribution >= 0.6 is 0 Å². The number of oxime groups is 1. The molecule has 2 amide bonds. The van der Waals surface area contributed by atoms with Gasteiger partial charge in [0.25, 0.3) is 11.8 Å². The van der Waals surface area contributed by atoms with Gasteiger partial charge in [-0.05, 0) is 43.7 Å². The number of aromatic nitrogens is 2. The van der Waals surface area contributed by atoms with Crippen molar-refractivity contribution in [2.45, 2.75) is 33.1 Å². The molecule has 0 saturated heterocycles. The topological polar surface area (TPSA) is 99.7 Å². The van der Waals surface area contributed by atoms with Crippen molar-refractivity contribution in [2.75, 3.05) is 23.9 Å². The molecular formula is C25H27N5O3. The number of H-pyrrole nitrogens is 1. The fourth-order valence-electron chi connectivity index (χ4n) is 4.01. The van der Waals surface area contributed by atoms with Gasteiger partial charge in [0, 0.05) is 35.5 Å². The van der Waals surface area contributed by atoms with Crippen LogP contribution in [0.3, 0.4) is 0 Å². The first kappa shape index (κ1) is 22.3. The van der Waals surface area contributed by atoms with Gasteiger partial charge >= 0.3 is 0 Å². The predicted octanol–water partition coefficient (Wildman–Crippen LogP) is 4.33. The number of fused-ring (bicyclic) bond motifs is 3. The van der Waals surface area contributed by atoms with Gasteiger partial charge < -0.3 is 20.0 Å². The molecule has 1 aliphatic rings. The number of aromatic amines is 1. The Labute approximate surface area is 192 Å². The second-order valence-electron chi connectivity index (χ2n) is 7.88. The van der Waals surface area contributed by atoms with E-state index >= 15 is 0 Å².